The zero-order chi connectivity index (χ0) is 28.0. The molecule has 0 radical (unpaired) electrons. The number of hydrogen-bond donors (Lipinski definition) is 0. The maximum atomic E-state index is 14.4. The molecule has 3 aromatic carbocycles. The molecule has 1 unspecified atom stereocenters. The van der Waals surface area contributed by atoms with Crippen LogP contribution in [-0.4, -0.2) is 70.8 Å². The van der Waals surface area contributed by atoms with E-state index in [1.54, 1.807) is 26.0 Å². The lowest BCUT2D eigenvalue weighted by molar-refractivity contribution is -0.157. The third kappa shape index (κ3) is 6.64. The van der Waals surface area contributed by atoms with Crippen LogP contribution in [0.3, 0.4) is 0 Å². The number of carbonyl (C=O) groups excluding carboxylic acids is 2. The first-order chi connectivity index (χ1) is 18.7. The van der Waals surface area contributed by atoms with Crippen molar-refractivity contribution in [3.8, 4) is 11.5 Å². The Morgan fingerprint density at radius 3 is 2.36 bits per heavy atom. The average molecular weight is 550 g/mol. The summed E-state index contributed by atoms with van der Waals surface area (Å²) in [4.78, 5) is 29.8. The number of methoxy groups -OCH3 is 2. The second-order valence-electron chi connectivity index (χ2n) is 9.97. The number of fused-ring (bicyclic) bond motifs is 1. The number of carbonyl (C=O) groups is 2. The molecule has 0 spiro atoms. The van der Waals surface area contributed by atoms with Gasteiger partial charge in [-0.25, -0.2) is 9.28 Å². The Bertz CT molecular complexity index is 1300. The number of para-hydroxylation sites is 1. The summed E-state index contributed by atoms with van der Waals surface area (Å²) in [6, 6.07) is 23.7. The van der Waals surface area contributed by atoms with Crippen molar-refractivity contribution in [3.63, 3.8) is 0 Å². The number of esters is 1. The van der Waals surface area contributed by atoms with Crippen LogP contribution in [0.15, 0.2) is 77.7 Å². The van der Waals surface area contributed by atoms with Gasteiger partial charge in [-0.2, -0.15) is 0 Å². The topological polar surface area (TPSA) is 65.1 Å². The summed E-state index contributed by atoms with van der Waals surface area (Å²) in [5.74, 6) is 0.969. The van der Waals surface area contributed by atoms with Crippen LogP contribution in [0.1, 0.15) is 23.3 Å². The Morgan fingerprint density at radius 2 is 1.67 bits per heavy atom. The van der Waals surface area contributed by atoms with E-state index in [2.05, 4.69) is 24.1 Å². The van der Waals surface area contributed by atoms with Crippen LogP contribution in [0, 0.1) is 0 Å². The summed E-state index contributed by atoms with van der Waals surface area (Å²) in [5, 5.41) is -0.390. The number of benzene rings is 3. The summed E-state index contributed by atoms with van der Waals surface area (Å²) >= 11 is 1.57. The molecule has 39 heavy (non-hydrogen) atoms. The van der Waals surface area contributed by atoms with Gasteiger partial charge in [-0.05, 0) is 54.9 Å². The van der Waals surface area contributed by atoms with Crippen LogP contribution in [0.2, 0.25) is 0 Å². The molecule has 0 saturated heterocycles. The van der Waals surface area contributed by atoms with Gasteiger partial charge in [-0.15, -0.1) is 11.8 Å². The fourth-order valence-electron chi connectivity index (χ4n) is 4.88. The summed E-state index contributed by atoms with van der Waals surface area (Å²) in [6.07, 6.45) is -0.0756. The number of thioether (sulfide) groups is 1. The quantitative estimate of drug-likeness (QED) is 0.257. The molecule has 0 aliphatic carbocycles. The molecule has 0 N–H and O–H groups in total. The maximum absolute atomic E-state index is 14.4. The second kappa shape index (κ2) is 12.7. The highest BCUT2D eigenvalue weighted by molar-refractivity contribution is 7.99. The first-order valence-corrected chi connectivity index (χ1v) is 13.9. The van der Waals surface area contributed by atoms with E-state index in [1.807, 2.05) is 67.7 Å². The van der Waals surface area contributed by atoms with Gasteiger partial charge in [-0.3, -0.25) is 4.79 Å². The van der Waals surface area contributed by atoms with Crippen LogP contribution in [0.4, 0.5) is 5.69 Å². The number of likely N-dealkylation sites (N-methyl/N-ethyl adjacent to an activating group) is 2. The minimum atomic E-state index is -0.944. The largest absolute Gasteiger partial charge is 0.497 e. The molecule has 206 valence electrons. The number of ether oxygens (including phenoxy) is 3. The average Bonchev–Trinajstić information content (AvgIpc) is 3.04. The van der Waals surface area contributed by atoms with E-state index < -0.39 is 12.1 Å². The first kappa shape index (κ1) is 28.7. The van der Waals surface area contributed by atoms with E-state index in [9.17, 15) is 9.59 Å². The van der Waals surface area contributed by atoms with E-state index in [-0.39, 0.29) is 15.6 Å². The van der Waals surface area contributed by atoms with Crippen LogP contribution in [-0.2, 0) is 20.7 Å². The number of nitrogens with zero attached hydrogens (tertiary/aromatic N) is 2. The monoisotopic (exact) mass is 549 g/mol. The normalized spacial score (nSPS) is 20.7. The molecule has 1 aliphatic heterocycles. The predicted molar refractivity (Wildman–Crippen MR) is 155 cm³/mol. The number of quaternary nitrogens is 1. The van der Waals surface area contributed by atoms with E-state index in [0.717, 1.165) is 40.6 Å². The van der Waals surface area contributed by atoms with Crippen LogP contribution in [0.25, 0.3) is 0 Å². The van der Waals surface area contributed by atoms with Gasteiger partial charge in [0.15, 0.2) is 5.69 Å². The summed E-state index contributed by atoms with van der Waals surface area (Å²) in [6.45, 7) is 3.42. The Morgan fingerprint density at radius 1 is 0.949 bits per heavy atom. The summed E-state index contributed by atoms with van der Waals surface area (Å²) < 4.78 is 16.5. The highest BCUT2D eigenvalue weighted by Gasteiger charge is 2.50. The minimum absolute atomic E-state index is 0.0390. The van der Waals surface area contributed by atoms with E-state index >= 15 is 0 Å². The molecular weight excluding hydrogens is 512 g/mol. The third-order valence-electron chi connectivity index (χ3n) is 7.24. The number of hydrogen-bond acceptors (Lipinski definition) is 7. The van der Waals surface area contributed by atoms with Crippen molar-refractivity contribution in [3.05, 3.63) is 83.9 Å². The fourth-order valence-corrected chi connectivity index (χ4v) is 6.29. The molecule has 0 fully saturated rings. The number of amides is 1. The second-order valence-corrected chi connectivity index (χ2v) is 11.2. The molecule has 0 saturated carbocycles. The molecule has 3 aromatic rings. The van der Waals surface area contributed by atoms with E-state index in [4.69, 9.17) is 14.2 Å². The molecular formula is C31H37N2O5S+. The van der Waals surface area contributed by atoms with Crippen molar-refractivity contribution in [1.82, 2.24) is 9.38 Å². The number of rotatable bonds is 10. The molecule has 7 nitrogen and oxygen atoms in total. The van der Waals surface area contributed by atoms with Crippen molar-refractivity contribution in [2.24, 2.45) is 0 Å². The molecule has 3 atom stereocenters. The SMILES string of the molecule is COc1ccc([C@H]2Sc3ccccc3[N+](C)(CCN(C)CCc3cccc(OC)c3)C(=O)[C@H]2OC(C)=O)cc1. The fraction of sp³-hybridized carbons (Fsp3) is 0.355. The highest BCUT2D eigenvalue weighted by atomic mass is 32.2. The lowest BCUT2D eigenvalue weighted by Gasteiger charge is -2.34. The van der Waals surface area contributed by atoms with Gasteiger partial charge in [0, 0.05) is 26.1 Å². The molecule has 8 heteroatoms. The highest BCUT2D eigenvalue weighted by Crippen LogP contribution is 2.48. The first-order valence-electron chi connectivity index (χ1n) is 13.0. The van der Waals surface area contributed by atoms with Gasteiger partial charge in [0.05, 0.1) is 31.4 Å². The Hall–Kier alpha value is -3.33. The van der Waals surface area contributed by atoms with Crippen molar-refractivity contribution >= 4 is 29.3 Å². The van der Waals surface area contributed by atoms with Gasteiger partial charge < -0.3 is 19.1 Å². The van der Waals surface area contributed by atoms with Gasteiger partial charge in [0.2, 0.25) is 6.10 Å². The lowest BCUT2D eigenvalue weighted by Crippen LogP contribution is -2.58. The molecule has 0 bridgehead atoms. The van der Waals surface area contributed by atoms with Crippen LogP contribution in [0.5, 0.6) is 11.5 Å². The predicted octanol–water partition coefficient (Wildman–Crippen LogP) is 5.12. The maximum Gasteiger partial charge on any atom is 0.361 e. The summed E-state index contributed by atoms with van der Waals surface area (Å²) in [7, 11) is 7.29. The third-order valence-corrected chi connectivity index (χ3v) is 8.61. The van der Waals surface area contributed by atoms with Crippen molar-refractivity contribution in [2.45, 2.75) is 29.6 Å². The Kier molecular flexibility index (Phi) is 9.32. The van der Waals surface area contributed by atoms with Crippen molar-refractivity contribution in [2.75, 3.05) is 47.9 Å². The van der Waals surface area contributed by atoms with Gasteiger partial charge >= 0.3 is 11.9 Å². The van der Waals surface area contributed by atoms with Crippen LogP contribution >= 0.6 is 11.8 Å². The van der Waals surface area contributed by atoms with Crippen molar-refractivity contribution < 1.29 is 23.8 Å². The van der Waals surface area contributed by atoms with Crippen molar-refractivity contribution in [1.29, 1.82) is 0 Å². The van der Waals surface area contributed by atoms with E-state index in [0.29, 0.717) is 13.1 Å². The van der Waals surface area contributed by atoms with Gasteiger partial charge in [0.25, 0.3) is 0 Å². The summed E-state index contributed by atoms with van der Waals surface area (Å²) in [5.41, 5.74) is 3.02. The molecule has 4 rings (SSSR count). The van der Waals surface area contributed by atoms with Crippen LogP contribution < -0.4 is 14.0 Å². The van der Waals surface area contributed by atoms with E-state index in [1.165, 1.54) is 12.5 Å². The Balaban J connectivity index is 1.60. The molecule has 1 heterocycles. The molecule has 1 aliphatic rings. The van der Waals surface area contributed by atoms with Gasteiger partial charge in [0.1, 0.15) is 18.0 Å². The zero-order valence-corrected chi connectivity index (χ0v) is 24.1. The minimum Gasteiger partial charge on any atom is -0.497 e. The smallest absolute Gasteiger partial charge is 0.361 e. The Labute approximate surface area is 235 Å². The molecule has 1 amide bonds. The standard InChI is InChI=1S/C31H37N2O5S/c1-22(34)38-29-30(24-13-15-25(36-4)16-14-24)39-28-12-7-6-11-27(28)33(3,31(29)35)20-19-32(2)18-17-23-9-8-10-26(21-23)37-5/h6-16,21,29-30H,17-20H2,1-5H3/q+1/t29-,30+,33?/m0/s1. The zero-order valence-electron chi connectivity index (χ0n) is 23.3. The lowest BCUT2D eigenvalue weighted by atomic mass is 10.0. The molecule has 0 aromatic heterocycles. The van der Waals surface area contributed by atoms with Gasteiger partial charge in [-0.1, -0.05) is 36.4 Å².